The van der Waals surface area contributed by atoms with Gasteiger partial charge in [0.25, 0.3) is 0 Å². The van der Waals surface area contributed by atoms with Crippen molar-refractivity contribution in [1.82, 2.24) is 15.2 Å². The topological polar surface area (TPSA) is 44.8 Å². The maximum absolute atomic E-state index is 4.54. The molecule has 19 heavy (non-hydrogen) atoms. The van der Waals surface area contributed by atoms with E-state index in [1.165, 1.54) is 24.1 Å². The zero-order valence-electron chi connectivity index (χ0n) is 11.3. The van der Waals surface area contributed by atoms with Gasteiger partial charge in [0, 0.05) is 31.2 Å². The molecule has 1 aliphatic heterocycles. The number of hydrogen-bond acceptors (Lipinski definition) is 3. The van der Waals surface area contributed by atoms with Crippen LogP contribution < -0.4 is 4.90 Å². The SMILES string of the molecule is Cc1ccc(N2CCCC(Cc3ccn[nH]3)C2)nc1. The van der Waals surface area contributed by atoms with E-state index < -0.39 is 0 Å². The maximum Gasteiger partial charge on any atom is 0.128 e. The Morgan fingerprint density at radius 3 is 3.05 bits per heavy atom. The van der Waals surface area contributed by atoms with Crippen molar-refractivity contribution in [2.24, 2.45) is 5.92 Å². The lowest BCUT2D eigenvalue weighted by Crippen LogP contribution is -2.36. The number of aryl methyl sites for hydroxylation is 1. The van der Waals surface area contributed by atoms with Gasteiger partial charge in [0.05, 0.1) is 0 Å². The summed E-state index contributed by atoms with van der Waals surface area (Å²) < 4.78 is 0. The van der Waals surface area contributed by atoms with Crippen molar-refractivity contribution >= 4 is 5.82 Å². The van der Waals surface area contributed by atoms with Crippen molar-refractivity contribution in [3.8, 4) is 0 Å². The van der Waals surface area contributed by atoms with E-state index >= 15 is 0 Å². The first-order chi connectivity index (χ1) is 9.31. The smallest absolute Gasteiger partial charge is 0.128 e. The van der Waals surface area contributed by atoms with E-state index in [-0.39, 0.29) is 0 Å². The molecule has 2 aromatic rings. The van der Waals surface area contributed by atoms with Crippen LogP contribution in [0, 0.1) is 12.8 Å². The van der Waals surface area contributed by atoms with Crippen molar-refractivity contribution in [2.75, 3.05) is 18.0 Å². The van der Waals surface area contributed by atoms with Crippen molar-refractivity contribution in [1.29, 1.82) is 0 Å². The molecule has 4 heteroatoms. The van der Waals surface area contributed by atoms with E-state index in [0.29, 0.717) is 5.92 Å². The highest BCUT2D eigenvalue weighted by atomic mass is 15.2. The van der Waals surface area contributed by atoms with Gasteiger partial charge in [-0.05, 0) is 49.8 Å². The van der Waals surface area contributed by atoms with Crippen LogP contribution in [-0.2, 0) is 6.42 Å². The summed E-state index contributed by atoms with van der Waals surface area (Å²) >= 11 is 0. The minimum Gasteiger partial charge on any atom is -0.356 e. The molecule has 0 amide bonds. The Kier molecular flexibility index (Phi) is 3.49. The number of anilines is 1. The molecule has 1 aliphatic rings. The standard InChI is InChI=1S/C15H20N4/c1-12-4-5-15(16-10-12)19-8-2-3-13(11-19)9-14-6-7-17-18-14/h4-7,10,13H,2-3,8-9,11H2,1H3,(H,17,18). The molecule has 1 saturated heterocycles. The quantitative estimate of drug-likeness (QED) is 0.918. The van der Waals surface area contributed by atoms with E-state index in [1.807, 2.05) is 12.4 Å². The molecular formula is C15H20N4. The van der Waals surface area contributed by atoms with E-state index in [1.54, 1.807) is 0 Å². The van der Waals surface area contributed by atoms with Crippen molar-refractivity contribution < 1.29 is 0 Å². The number of hydrogen-bond donors (Lipinski definition) is 1. The zero-order chi connectivity index (χ0) is 13.1. The van der Waals surface area contributed by atoms with Crippen LogP contribution in [0.25, 0.3) is 0 Å². The Morgan fingerprint density at radius 1 is 1.37 bits per heavy atom. The average Bonchev–Trinajstić information content (AvgIpc) is 2.93. The molecule has 100 valence electrons. The predicted molar refractivity (Wildman–Crippen MR) is 76.2 cm³/mol. The summed E-state index contributed by atoms with van der Waals surface area (Å²) in [4.78, 5) is 6.95. The summed E-state index contributed by atoms with van der Waals surface area (Å²) in [6, 6.07) is 6.35. The first-order valence-corrected chi connectivity index (χ1v) is 6.97. The van der Waals surface area contributed by atoms with Crippen LogP contribution in [0.2, 0.25) is 0 Å². The number of rotatable bonds is 3. The number of nitrogens with one attached hydrogen (secondary N) is 1. The largest absolute Gasteiger partial charge is 0.356 e. The molecule has 1 unspecified atom stereocenters. The molecule has 1 atom stereocenters. The van der Waals surface area contributed by atoms with Gasteiger partial charge in [0.15, 0.2) is 0 Å². The van der Waals surface area contributed by atoms with Gasteiger partial charge in [-0.1, -0.05) is 6.07 Å². The van der Waals surface area contributed by atoms with Gasteiger partial charge in [0.1, 0.15) is 5.82 Å². The van der Waals surface area contributed by atoms with Crippen LogP contribution in [0.1, 0.15) is 24.1 Å². The van der Waals surface area contributed by atoms with Crippen LogP contribution in [-0.4, -0.2) is 28.3 Å². The second kappa shape index (κ2) is 5.43. The Balaban J connectivity index is 1.66. The molecule has 0 saturated carbocycles. The Morgan fingerprint density at radius 2 is 2.32 bits per heavy atom. The normalized spacial score (nSPS) is 19.6. The van der Waals surface area contributed by atoms with Gasteiger partial charge >= 0.3 is 0 Å². The molecule has 2 aromatic heterocycles. The zero-order valence-corrected chi connectivity index (χ0v) is 11.3. The highest BCUT2D eigenvalue weighted by Gasteiger charge is 2.21. The van der Waals surface area contributed by atoms with Gasteiger partial charge in [-0.25, -0.2) is 4.98 Å². The van der Waals surface area contributed by atoms with Crippen LogP contribution in [0.4, 0.5) is 5.82 Å². The molecule has 4 nitrogen and oxygen atoms in total. The van der Waals surface area contributed by atoms with Crippen molar-refractivity contribution in [3.63, 3.8) is 0 Å². The molecule has 0 aliphatic carbocycles. The van der Waals surface area contributed by atoms with E-state index in [0.717, 1.165) is 25.3 Å². The molecular weight excluding hydrogens is 236 g/mol. The monoisotopic (exact) mass is 256 g/mol. The number of pyridine rings is 1. The number of aromatic amines is 1. The molecule has 3 rings (SSSR count). The summed E-state index contributed by atoms with van der Waals surface area (Å²) in [6.45, 7) is 4.29. The molecule has 0 radical (unpaired) electrons. The first kappa shape index (κ1) is 12.2. The third-order valence-corrected chi connectivity index (χ3v) is 3.81. The van der Waals surface area contributed by atoms with E-state index in [4.69, 9.17) is 0 Å². The van der Waals surface area contributed by atoms with Gasteiger partial charge < -0.3 is 4.90 Å². The maximum atomic E-state index is 4.54. The van der Waals surface area contributed by atoms with Crippen LogP contribution >= 0.6 is 0 Å². The van der Waals surface area contributed by atoms with Gasteiger partial charge in [-0.2, -0.15) is 5.10 Å². The Hall–Kier alpha value is -1.84. The molecule has 0 aromatic carbocycles. The van der Waals surface area contributed by atoms with Crippen LogP contribution in [0.15, 0.2) is 30.6 Å². The third-order valence-electron chi connectivity index (χ3n) is 3.81. The van der Waals surface area contributed by atoms with E-state index in [2.05, 4.69) is 45.2 Å². The van der Waals surface area contributed by atoms with Crippen LogP contribution in [0.5, 0.6) is 0 Å². The van der Waals surface area contributed by atoms with Gasteiger partial charge in [-0.3, -0.25) is 5.10 Å². The molecule has 3 heterocycles. The summed E-state index contributed by atoms with van der Waals surface area (Å²) in [5.74, 6) is 1.80. The van der Waals surface area contributed by atoms with Gasteiger partial charge in [-0.15, -0.1) is 0 Å². The highest BCUT2D eigenvalue weighted by molar-refractivity contribution is 5.39. The second-order valence-electron chi connectivity index (χ2n) is 5.43. The Bertz CT molecular complexity index is 503. The fourth-order valence-electron chi connectivity index (χ4n) is 2.80. The lowest BCUT2D eigenvalue weighted by molar-refractivity contribution is 0.408. The molecule has 1 N–H and O–H groups in total. The van der Waals surface area contributed by atoms with E-state index in [9.17, 15) is 0 Å². The highest BCUT2D eigenvalue weighted by Crippen LogP contribution is 2.23. The first-order valence-electron chi connectivity index (χ1n) is 6.97. The summed E-state index contributed by atoms with van der Waals surface area (Å²) in [5, 5.41) is 7.09. The molecule has 1 fully saturated rings. The van der Waals surface area contributed by atoms with Crippen molar-refractivity contribution in [3.05, 3.63) is 41.9 Å². The number of piperidine rings is 1. The number of H-pyrrole nitrogens is 1. The summed E-state index contributed by atoms with van der Waals surface area (Å²) in [5.41, 5.74) is 2.46. The lowest BCUT2D eigenvalue weighted by atomic mass is 9.93. The minimum atomic E-state index is 0.692. The fraction of sp³-hybridized carbons (Fsp3) is 0.467. The van der Waals surface area contributed by atoms with Crippen LogP contribution in [0.3, 0.4) is 0 Å². The summed E-state index contributed by atoms with van der Waals surface area (Å²) in [7, 11) is 0. The fourth-order valence-corrected chi connectivity index (χ4v) is 2.80. The summed E-state index contributed by atoms with van der Waals surface area (Å²) in [6.07, 6.45) is 7.41. The predicted octanol–water partition coefficient (Wildman–Crippen LogP) is 2.57. The third kappa shape index (κ3) is 2.95. The second-order valence-corrected chi connectivity index (χ2v) is 5.43. The number of aromatic nitrogens is 3. The van der Waals surface area contributed by atoms with Gasteiger partial charge in [0.2, 0.25) is 0 Å². The molecule has 0 bridgehead atoms. The van der Waals surface area contributed by atoms with Crippen molar-refractivity contribution in [2.45, 2.75) is 26.2 Å². The molecule has 0 spiro atoms. The average molecular weight is 256 g/mol. The lowest BCUT2D eigenvalue weighted by Gasteiger charge is -2.33. The minimum absolute atomic E-state index is 0.692. The number of nitrogens with zero attached hydrogens (tertiary/aromatic N) is 3. The Labute approximate surface area is 113 Å².